The molecule has 5 heteroatoms. The van der Waals surface area contributed by atoms with E-state index in [9.17, 15) is 4.79 Å². The number of piperidine rings is 1. The number of carbonyl (C=O) groups is 1. The van der Waals surface area contributed by atoms with Gasteiger partial charge < -0.3 is 9.80 Å². The van der Waals surface area contributed by atoms with Gasteiger partial charge in [-0.05, 0) is 50.6 Å². The molecule has 0 aromatic carbocycles. The Balaban J connectivity index is 1.57. The lowest BCUT2D eigenvalue weighted by Crippen LogP contribution is -2.49. The number of nitrogens with zero attached hydrogens (tertiary/aromatic N) is 2. The van der Waals surface area contributed by atoms with Crippen molar-refractivity contribution in [2.45, 2.75) is 56.9 Å². The maximum absolute atomic E-state index is 12.7. The van der Waals surface area contributed by atoms with Gasteiger partial charge >= 0.3 is 0 Å². The van der Waals surface area contributed by atoms with Gasteiger partial charge in [-0.15, -0.1) is 11.3 Å². The molecule has 4 rings (SSSR count). The second kappa shape index (κ2) is 5.38. The molecule has 1 N–H and O–H groups in total. The average molecular weight is 305 g/mol. The minimum atomic E-state index is -0.0568. The van der Waals surface area contributed by atoms with Crippen molar-refractivity contribution in [1.82, 2.24) is 15.1 Å². The fourth-order valence-corrected chi connectivity index (χ4v) is 5.03. The summed E-state index contributed by atoms with van der Waals surface area (Å²) in [6.45, 7) is 4.41. The molecule has 4 atom stereocenters. The predicted octanol–water partition coefficient (Wildman–Crippen LogP) is 2.19. The van der Waals surface area contributed by atoms with E-state index in [2.05, 4.69) is 32.6 Å². The van der Waals surface area contributed by atoms with E-state index in [0.29, 0.717) is 12.1 Å². The summed E-state index contributed by atoms with van der Waals surface area (Å²) < 4.78 is 0. The van der Waals surface area contributed by atoms with Gasteiger partial charge in [0, 0.05) is 23.5 Å². The standard InChI is InChI=1S/C16H23N3OS/c1-11-16(20)19(15(17-11)14-5-3-9-21-14)13-6-8-18-7-2-4-12(18)10-13/h3,5,9,11-13,15,17H,2,4,6-8,10H2,1H3. The third-order valence-corrected chi connectivity index (χ3v) is 6.23. The Kier molecular flexibility index (Phi) is 3.52. The lowest BCUT2D eigenvalue weighted by Gasteiger charge is -2.41. The van der Waals surface area contributed by atoms with Gasteiger partial charge in [-0.2, -0.15) is 0 Å². The lowest BCUT2D eigenvalue weighted by molar-refractivity contribution is -0.133. The summed E-state index contributed by atoms with van der Waals surface area (Å²) in [5.74, 6) is 0.282. The van der Waals surface area contributed by atoms with Crippen LogP contribution in [0.2, 0.25) is 0 Å². The van der Waals surface area contributed by atoms with E-state index in [4.69, 9.17) is 0 Å². The third kappa shape index (κ3) is 2.31. The van der Waals surface area contributed by atoms with Gasteiger partial charge in [-0.25, -0.2) is 0 Å². The normalized spacial score (nSPS) is 37.2. The molecule has 3 aliphatic heterocycles. The maximum atomic E-state index is 12.7. The minimum Gasteiger partial charge on any atom is -0.318 e. The first kappa shape index (κ1) is 13.7. The highest BCUT2D eigenvalue weighted by atomic mass is 32.1. The van der Waals surface area contributed by atoms with Crippen molar-refractivity contribution in [1.29, 1.82) is 0 Å². The molecular weight excluding hydrogens is 282 g/mol. The molecule has 4 heterocycles. The highest BCUT2D eigenvalue weighted by Crippen LogP contribution is 2.36. The number of rotatable bonds is 2. The van der Waals surface area contributed by atoms with Crippen molar-refractivity contribution in [3.63, 3.8) is 0 Å². The van der Waals surface area contributed by atoms with Crippen LogP contribution in [0.4, 0.5) is 0 Å². The molecule has 1 aromatic heterocycles. The molecule has 21 heavy (non-hydrogen) atoms. The first-order valence-electron chi connectivity index (χ1n) is 8.09. The first-order valence-corrected chi connectivity index (χ1v) is 8.97. The zero-order chi connectivity index (χ0) is 14.4. The molecule has 3 saturated heterocycles. The van der Waals surface area contributed by atoms with Gasteiger partial charge in [0.25, 0.3) is 0 Å². The average Bonchev–Trinajstić information content (AvgIpc) is 3.20. The molecule has 4 unspecified atom stereocenters. The van der Waals surface area contributed by atoms with E-state index in [-0.39, 0.29) is 18.1 Å². The maximum Gasteiger partial charge on any atom is 0.241 e. The summed E-state index contributed by atoms with van der Waals surface area (Å²) >= 11 is 1.74. The molecule has 3 fully saturated rings. The zero-order valence-corrected chi connectivity index (χ0v) is 13.3. The molecule has 0 radical (unpaired) electrons. The Morgan fingerprint density at radius 3 is 3.00 bits per heavy atom. The smallest absolute Gasteiger partial charge is 0.241 e. The number of carbonyl (C=O) groups excluding carboxylic acids is 1. The van der Waals surface area contributed by atoms with Crippen molar-refractivity contribution in [3.05, 3.63) is 22.4 Å². The van der Waals surface area contributed by atoms with Crippen LogP contribution in [0.15, 0.2) is 17.5 Å². The van der Waals surface area contributed by atoms with E-state index >= 15 is 0 Å². The van der Waals surface area contributed by atoms with Crippen LogP contribution in [-0.2, 0) is 4.79 Å². The molecule has 0 bridgehead atoms. The topological polar surface area (TPSA) is 35.6 Å². The second-order valence-electron chi connectivity index (χ2n) is 6.56. The van der Waals surface area contributed by atoms with Gasteiger partial charge in [0.05, 0.1) is 6.04 Å². The van der Waals surface area contributed by atoms with E-state index < -0.39 is 0 Å². The van der Waals surface area contributed by atoms with Crippen LogP contribution < -0.4 is 5.32 Å². The van der Waals surface area contributed by atoms with Gasteiger partial charge in [-0.1, -0.05) is 6.07 Å². The quantitative estimate of drug-likeness (QED) is 0.910. The predicted molar refractivity (Wildman–Crippen MR) is 84.1 cm³/mol. The number of amides is 1. The molecule has 1 aromatic rings. The van der Waals surface area contributed by atoms with Crippen molar-refractivity contribution in [2.24, 2.45) is 0 Å². The highest BCUT2D eigenvalue weighted by molar-refractivity contribution is 7.10. The molecule has 1 amide bonds. The molecule has 3 aliphatic rings. The van der Waals surface area contributed by atoms with Crippen LogP contribution in [0.1, 0.15) is 43.6 Å². The number of hydrogen-bond donors (Lipinski definition) is 1. The van der Waals surface area contributed by atoms with Crippen molar-refractivity contribution in [3.8, 4) is 0 Å². The fourth-order valence-electron chi connectivity index (χ4n) is 4.25. The van der Waals surface area contributed by atoms with Crippen LogP contribution in [-0.4, -0.2) is 46.9 Å². The number of thiophene rings is 1. The Hall–Kier alpha value is -0.910. The Morgan fingerprint density at radius 1 is 1.29 bits per heavy atom. The minimum absolute atomic E-state index is 0.0568. The number of hydrogen-bond acceptors (Lipinski definition) is 4. The van der Waals surface area contributed by atoms with Gasteiger partial charge in [0.15, 0.2) is 0 Å². The van der Waals surface area contributed by atoms with E-state index in [1.165, 1.54) is 24.3 Å². The second-order valence-corrected chi connectivity index (χ2v) is 7.54. The van der Waals surface area contributed by atoms with Crippen LogP contribution >= 0.6 is 11.3 Å². The Morgan fingerprint density at radius 2 is 2.19 bits per heavy atom. The van der Waals surface area contributed by atoms with Crippen LogP contribution in [0, 0.1) is 0 Å². The molecule has 4 nitrogen and oxygen atoms in total. The van der Waals surface area contributed by atoms with Crippen molar-refractivity contribution >= 4 is 17.2 Å². The Labute approximate surface area is 130 Å². The monoisotopic (exact) mass is 305 g/mol. The van der Waals surface area contributed by atoms with Gasteiger partial charge in [0.2, 0.25) is 5.91 Å². The largest absolute Gasteiger partial charge is 0.318 e. The first-order chi connectivity index (χ1) is 10.2. The number of fused-ring (bicyclic) bond motifs is 1. The van der Waals surface area contributed by atoms with Crippen LogP contribution in [0.25, 0.3) is 0 Å². The highest BCUT2D eigenvalue weighted by Gasteiger charge is 2.44. The summed E-state index contributed by atoms with van der Waals surface area (Å²) in [6.07, 6.45) is 5.01. The molecular formula is C16H23N3OS. The van der Waals surface area contributed by atoms with Crippen LogP contribution in [0.5, 0.6) is 0 Å². The molecule has 0 aliphatic carbocycles. The third-order valence-electron chi connectivity index (χ3n) is 5.31. The Bertz CT molecular complexity index is 518. The molecule has 0 spiro atoms. The summed E-state index contributed by atoms with van der Waals surface area (Å²) in [7, 11) is 0. The summed E-state index contributed by atoms with van der Waals surface area (Å²) in [5.41, 5.74) is 0. The van der Waals surface area contributed by atoms with E-state index in [1.807, 2.05) is 6.92 Å². The van der Waals surface area contributed by atoms with Gasteiger partial charge in [0.1, 0.15) is 6.17 Å². The summed E-state index contributed by atoms with van der Waals surface area (Å²) in [4.78, 5) is 18.7. The zero-order valence-electron chi connectivity index (χ0n) is 12.5. The fraction of sp³-hybridized carbons (Fsp3) is 0.688. The van der Waals surface area contributed by atoms with Crippen molar-refractivity contribution < 1.29 is 4.79 Å². The molecule has 0 saturated carbocycles. The molecule has 114 valence electrons. The van der Waals surface area contributed by atoms with Gasteiger partial charge in [-0.3, -0.25) is 10.1 Å². The summed E-state index contributed by atoms with van der Waals surface area (Å²) in [6, 6.07) is 5.27. The lowest BCUT2D eigenvalue weighted by atomic mass is 9.95. The van der Waals surface area contributed by atoms with E-state index in [1.54, 1.807) is 11.3 Å². The SMILES string of the molecule is CC1NC(c2cccs2)N(C2CCN3CCCC3C2)C1=O. The van der Waals surface area contributed by atoms with Crippen molar-refractivity contribution in [2.75, 3.05) is 13.1 Å². The van der Waals surface area contributed by atoms with Crippen LogP contribution in [0.3, 0.4) is 0 Å². The van der Waals surface area contributed by atoms with E-state index in [0.717, 1.165) is 19.4 Å². The number of nitrogens with one attached hydrogen (secondary N) is 1. The summed E-state index contributed by atoms with van der Waals surface area (Å²) in [5, 5.41) is 5.59.